The molecule has 0 spiro atoms. The molecule has 2 aromatic rings. The Bertz CT molecular complexity index is 526. The molecule has 0 saturated heterocycles. The monoisotopic (exact) mass is 261 g/mol. The third kappa shape index (κ3) is 2.71. The van der Waals surface area contributed by atoms with Crippen molar-refractivity contribution in [3.8, 4) is 0 Å². The van der Waals surface area contributed by atoms with Crippen molar-refractivity contribution in [2.45, 2.75) is 39.8 Å². The Morgan fingerprint density at radius 3 is 2.68 bits per heavy atom. The summed E-state index contributed by atoms with van der Waals surface area (Å²) < 4.78 is 4.00. The SMILES string of the molecule is CCCn1nccc1C(NCC)c1cnn(C)c1C. The third-order valence-corrected chi connectivity index (χ3v) is 3.47. The summed E-state index contributed by atoms with van der Waals surface area (Å²) in [5.74, 6) is 0. The summed E-state index contributed by atoms with van der Waals surface area (Å²) in [6.45, 7) is 8.26. The first kappa shape index (κ1) is 13.8. The van der Waals surface area contributed by atoms with Gasteiger partial charge < -0.3 is 5.32 Å². The maximum absolute atomic E-state index is 4.42. The summed E-state index contributed by atoms with van der Waals surface area (Å²) in [6.07, 6.45) is 4.91. The molecule has 0 aliphatic heterocycles. The van der Waals surface area contributed by atoms with Crippen molar-refractivity contribution in [3.63, 3.8) is 0 Å². The van der Waals surface area contributed by atoms with Gasteiger partial charge in [0.05, 0.1) is 17.9 Å². The van der Waals surface area contributed by atoms with Gasteiger partial charge in [0.1, 0.15) is 0 Å². The van der Waals surface area contributed by atoms with Crippen molar-refractivity contribution in [2.75, 3.05) is 6.54 Å². The first-order chi connectivity index (χ1) is 9.19. The van der Waals surface area contributed by atoms with E-state index in [0.29, 0.717) is 0 Å². The summed E-state index contributed by atoms with van der Waals surface area (Å²) in [4.78, 5) is 0. The van der Waals surface area contributed by atoms with Crippen LogP contribution in [0.1, 0.15) is 43.3 Å². The van der Waals surface area contributed by atoms with E-state index in [4.69, 9.17) is 0 Å². The largest absolute Gasteiger partial charge is 0.305 e. The molecule has 0 fully saturated rings. The molecule has 0 aliphatic rings. The van der Waals surface area contributed by atoms with Crippen LogP contribution in [0.3, 0.4) is 0 Å². The molecule has 0 aromatic carbocycles. The van der Waals surface area contributed by atoms with E-state index in [-0.39, 0.29) is 6.04 Å². The molecule has 1 unspecified atom stereocenters. The molecule has 19 heavy (non-hydrogen) atoms. The Kier molecular flexibility index (Phi) is 4.37. The number of nitrogens with one attached hydrogen (secondary N) is 1. The summed E-state index contributed by atoms with van der Waals surface area (Å²) in [6, 6.07) is 2.25. The topological polar surface area (TPSA) is 47.7 Å². The van der Waals surface area contributed by atoms with Crippen LogP contribution in [0, 0.1) is 6.92 Å². The molecule has 0 amide bonds. The van der Waals surface area contributed by atoms with Crippen LogP contribution in [0.5, 0.6) is 0 Å². The minimum Gasteiger partial charge on any atom is -0.305 e. The van der Waals surface area contributed by atoms with Crippen LogP contribution in [0.4, 0.5) is 0 Å². The highest BCUT2D eigenvalue weighted by molar-refractivity contribution is 5.29. The molecule has 0 aliphatic carbocycles. The Labute approximate surface area is 114 Å². The Morgan fingerprint density at radius 2 is 2.11 bits per heavy atom. The first-order valence-electron chi connectivity index (χ1n) is 6.92. The molecular formula is C14H23N5. The molecule has 1 atom stereocenters. The van der Waals surface area contributed by atoms with Crippen LogP contribution in [0.25, 0.3) is 0 Å². The zero-order valence-electron chi connectivity index (χ0n) is 12.2. The number of nitrogens with zero attached hydrogens (tertiary/aromatic N) is 4. The maximum Gasteiger partial charge on any atom is 0.0781 e. The summed E-state index contributed by atoms with van der Waals surface area (Å²) in [5.41, 5.74) is 3.62. The number of hydrogen-bond donors (Lipinski definition) is 1. The fourth-order valence-electron chi connectivity index (χ4n) is 2.36. The predicted octanol–water partition coefficient (Wildman–Crippen LogP) is 2.03. The van der Waals surface area contributed by atoms with E-state index in [9.17, 15) is 0 Å². The van der Waals surface area contributed by atoms with Gasteiger partial charge >= 0.3 is 0 Å². The van der Waals surface area contributed by atoms with Gasteiger partial charge in [0.2, 0.25) is 0 Å². The maximum atomic E-state index is 4.42. The standard InChI is InChI=1S/C14H23N5/c1-5-9-19-13(7-8-16-19)14(15-6-2)12-10-17-18(4)11(12)3/h7-8,10,14-15H,5-6,9H2,1-4H3. The zero-order chi connectivity index (χ0) is 13.8. The van der Waals surface area contributed by atoms with Crippen molar-refractivity contribution in [2.24, 2.45) is 7.05 Å². The second kappa shape index (κ2) is 6.02. The van der Waals surface area contributed by atoms with Crippen LogP contribution < -0.4 is 5.32 Å². The lowest BCUT2D eigenvalue weighted by Crippen LogP contribution is -2.25. The Morgan fingerprint density at radius 1 is 1.32 bits per heavy atom. The van der Waals surface area contributed by atoms with Crippen LogP contribution in [0.2, 0.25) is 0 Å². The van der Waals surface area contributed by atoms with Crippen molar-refractivity contribution in [1.29, 1.82) is 0 Å². The van der Waals surface area contributed by atoms with Crippen molar-refractivity contribution < 1.29 is 0 Å². The van der Waals surface area contributed by atoms with Crippen LogP contribution in [-0.4, -0.2) is 26.1 Å². The predicted molar refractivity (Wildman–Crippen MR) is 76.0 cm³/mol. The second-order valence-electron chi connectivity index (χ2n) is 4.78. The summed E-state index contributed by atoms with van der Waals surface area (Å²) in [5, 5.41) is 12.3. The Hall–Kier alpha value is -1.62. The van der Waals surface area contributed by atoms with Gasteiger partial charge in [-0.1, -0.05) is 13.8 Å². The molecule has 0 saturated carbocycles. The summed E-state index contributed by atoms with van der Waals surface area (Å²) >= 11 is 0. The molecule has 5 nitrogen and oxygen atoms in total. The highest BCUT2D eigenvalue weighted by atomic mass is 15.3. The fourth-order valence-corrected chi connectivity index (χ4v) is 2.36. The molecule has 1 N–H and O–H groups in total. The van der Waals surface area contributed by atoms with E-state index in [2.05, 4.69) is 47.0 Å². The lowest BCUT2D eigenvalue weighted by atomic mass is 10.0. The van der Waals surface area contributed by atoms with Gasteiger partial charge in [-0.15, -0.1) is 0 Å². The van der Waals surface area contributed by atoms with Gasteiger partial charge in [-0.25, -0.2) is 0 Å². The van der Waals surface area contributed by atoms with E-state index in [1.165, 1.54) is 17.0 Å². The van der Waals surface area contributed by atoms with Gasteiger partial charge in [-0.05, 0) is 26.0 Å². The summed E-state index contributed by atoms with van der Waals surface area (Å²) in [7, 11) is 1.98. The van der Waals surface area contributed by atoms with Crippen LogP contribution in [-0.2, 0) is 13.6 Å². The van der Waals surface area contributed by atoms with Crippen molar-refractivity contribution in [3.05, 3.63) is 35.4 Å². The van der Waals surface area contributed by atoms with Crippen LogP contribution in [0.15, 0.2) is 18.5 Å². The number of rotatable bonds is 6. The highest BCUT2D eigenvalue weighted by Gasteiger charge is 2.21. The van der Waals surface area contributed by atoms with Gasteiger partial charge in [-0.2, -0.15) is 10.2 Å². The number of aryl methyl sites for hydroxylation is 2. The van der Waals surface area contributed by atoms with Gasteiger partial charge in [0.15, 0.2) is 0 Å². The fraction of sp³-hybridized carbons (Fsp3) is 0.571. The minimum absolute atomic E-state index is 0.160. The van der Waals surface area contributed by atoms with E-state index < -0.39 is 0 Å². The number of hydrogen-bond acceptors (Lipinski definition) is 3. The highest BCUT2D eigenvalue weighted by Crippen LogP contribution is 2.24. The normalized spacial score (nSPS) is 12.8. The van der Waals surface area contributed by atoms with Gasteiger partial charge in [0, 0.05) is 31.0 Å². The third-order valence-electron chi connectivity index (χ3n) is 3.47. The number of aromatic nitrogens is 4. The lowest BCUT2D eigenvalue weighted by molar-refractivity contribution is 0.519. The molecule has 2 rings (SSSR count). The first-order valence-corrected chi connectivity index (χ1v) is 6.92. The molecule has 2 aromatic heterocycles. The smallest absolute Gasteiger partial charge is 0.0781 e. The average Bonchev–Trinajstić information content (AvgIpc) is 2.97. The zero-order valence-corrected chi connectivity index (χ0v) is 12.2. The molecule has 5 heteroatoms. The molecule has 0 bridgehead atoms. The molecular weight excluding hydrogens is 238 g/mol. The van der Waals surface area contributed by atoms with E-state index in [1.54, 1.807) is 0 Å². The van der Waals surface area contributed by atoms with E-state index in [1.807, 2.05) is 24.1 Å². The van der Waals surface area contributed by atoms with Gasteiger partial charge in [0.25, 0.3) is 0 Å². The van der Waals surface area contributed by atoms with Crippen molar-refractivity contribution >= 4 is 0 Å². The average molecular weight is 261 g/mol. The van der Waals surface area contributed by atoms with Gasteiger partial charge in [-0.3, -0.25) is 9.36 Å². The van der Waals surface area contributed by atoms with E-state index in [0.717, 1.165) is 19.5 Å². The molecule has 0 radical (unpaired) electrons. The molecule has 104 valence electrons. The molecule has 2 heterocycles. The minimum atomic E-state index is 0.160. The quantitative estimate of drug-likeness (QED) is 0.865. The van der Waals surface area contributed by atoms with Crippen LogP contribution >= 0.6 is 0 Å². The second-order valence-corrected chi connectivity index (χ2v) is 4.78. The Balaban J connectivity index is 2.39. The van der Waals surface area contributed by atoms with E-state index >= 15 is 0 Å². The lowest BCUT2D eigenvalue weighted by Gasteiger charge is -2.19. The van der Waals surface area contributed by atoms with Crippen molar-refractivity contribution in [1.82, 2.24) is 24.9 Å².